The fourth-order valence-electron chi connectivity index (χ4n) is 1.22. The second-order valence-corrected chi connectivity index (χ2v) is 3.59. The van der Waals surface area contributed by atoms with Crippen molar-refractivity contribution in [2.24, 2.45) is 11.0 Å². The number of hydrogen-bond acceptors (Lipinski definition) is 3. The lowest BCUT2D eigenvalue weighted by molar-refractivity contribution is 0.150. The number of ether oxygens (including phenoxy) is 1. The summed E-state index contributed by atoms with van der Waals surface area (Å²) in [6.07, 6.45) is 8.47. The third kappa shape index (κ3) is 9.20. The van der Waals surface area contributed by atoms with Crippen LogP contribution >= 0.6 is 11.6 Å². The lowest BCUT2D eigenvalue weighted by Crippen LogP contribution is -2.13. The van der Waals surface area contributed by atoms with Gasteiger partial charge >= 0.3 is 5.43 Å². The molecule has 0 radical (unpaired) electrons. The molecular formula is C10H14ClN3O2. The van der Waals surface area contributed by atoms with Crippen molar-refractivity contribution >= 4 is 17.0 Å². The Labute approximate surface area is 99.7 Å². The van der Waals surface area contributed by atoms with Gasteiger partial charge in [-0.1, -0.05) is 11.5 Å². The monoisotopic (exact) mass is 243 g/mol. The first-order valence-electron chi connectivity index (χ1n) is 4.97. The highest BCUT2D eigenvalue weighted by molar-refractivity contribution is 6.61. The summed E-state index contributed by atoms with van der Waals surface area (Å²) in [7, 11) is 0. The Kier molecular flexibility index (Phi) is 9.29. The van der Waals surface area contributed by atoms with Crippen molar-refractivity contribution in [1.29, 1.82) is 0 Å². The first kappa shape index (κ1) is 14.6. The van der Waals surface area contributed by atoms with Gasteiger partial charge in [-0.05, 0) is 24.3 Å². The number of nitrogens with zero attached hydrogens (tertiary/aromatic N) is 3. The molecule has 0 aromatic carbocycles. The van der Waals surface area contributed by atoms with Gasteiger partial charge in [0.2, 0.25) is 0 Å². The molecule has 0 fully saturated rings. The van der Waals surface area contributed by atoms with E-state index >= 15 is 0 Å². The first-order chi connectivity index (χ1) is 7.70. The Morgan fingerprint density at radius 3 is 2.94 bits per heavy atom. The minimum absolute atomic E-state index is 0.0105. The molecule has 6 heteroatoms. The molecule has 0 amide bonds. The fourth-order valence-corrected chi connectivity index (χ4v) is 1.29. The average Bonchev–Trinajstić information content (AvgIpc) is 2.26. The maximum Gasteiger partial charge on any atom is 0.403 e. The quantitative estimate of drug-likeness (QED) is 0.163. The predicted molar refractivity (Wildman–Crippen MR) is 62.0 cm³/mol. The zero-order valence-corrected chi connectivity index (χ0v) is 9.69. The van der Waals surface area contributed by atoms with Gasteiger partial charge in [-0.3, -0.25) is 0 Å². The van der Waals surface area contributed by atoms with Crippen LogP contribution in [0.1, 0.15) is 25.7 Å². The third-order valence-electron chi connectivity index (χ3n) is 2.02. The van der Waals surface area contributed by atoms with E-state index in [2.05, 4.69) is 20.7 Å². The van der Waals surface area contributed by atoms with Crippen LogP contribution in [0.15, 0.2) is 5.11 Å². The van der Waals surface area contributed by atoms with Gasteiger partial charge in [0.15, 0.2) is 0 Å². The van der Waals surface area contributed by atoms with E-state index in [0.717, 1.165) is 25.7 Å². The van der Waals surface area contributed by atoms with Crippen LogP contribution in [-0.2, 0) is 4.74 Å². The second kappa shape index (κ2) is 10.2. The second-order valence-electron chi connectivity index (χ2n) is 3.28. The van der Waals surface area contributed by atoms with Crippen molar-refractivity contribution in [3.8, 4) is 12.3 Å². The summed E-state index contributed by atoms with van der Waals surface area (Å²) in [5.41, 5.74) is 7.36. The number of halogens is 1. The topological polar surface area (TPSA) is 75.1 Å². The molecule has 0 rings (SSSR count). The Balaban J connectivity index is 3.85. The molecular weight excluding hydrogens is 230 g/mol. The smallest absolute Gasteiger partial charge is 0.403 e. The molecule has 0 aliphatic heterocycles. The minimum Gasteiger partial charge on any atom is -0.453 e. The van der Waals surface area contributed by atoms with Crippen LogP contribution in [0.2, 0.25) is 0 Å². The van der Waals surface area contributed by atoms with E-state index in [1.54, 1.807) is 0 Å². The van der Waals surface area contributed by atoms with Crippen molar-refractivity contribution in [2.45, 2.75) is 25.7 Å². The molecule has 0 saturated carbocycles. The Morgan fingerprint density at radius 2 is 2.38 bits per heavy atom. The summed E-state index contributed by atoms with van der Waals surface area (Å²) in [5, 5.41) is 3.45. The zero-order chi connectivity index (χ0) is 12.2. The highest BCUT2D eigenvalue weighted by Gasteiger charge is 2.09. The summed E-state index contributed by atoms with van der Waals surface area (Å²) in [6.45, 7) is 0.480. The third-order valence-corrected chi connectivity index (χ3v) is 2.13. The van der Waals surface area contributed by atoms with Gasteiger partial charge in [-0.25, -0.2) is 4.79 Å². The van der Waals surface area contributed by atoms with Crippen molar-refractivity contribution in [2.75, 3.05) is 13.2 Å². The van der Waals surface area contributed by atoms with Crippen LogP contribution < -0.4 is 0 Å². The first-order valence-corrected chi connectivity index (χ1v) is 5.35. The highest BCUT2D eigenvalue weighted by atomic mass is 35.5. The Morgan fingerprint density at radius 1 is 1.62 bits per heavy atom. The lowest BCUT2D eigenvalue weighted by Gasteiger charge is -2.12. The number of hydrogen-bond donors (Lipinski definition) is 0. The van der Waals surface area contributed by atoms with Crippen LogP contribution in [0.5, 0.6) is 0 Å². The van der Waals surface area contributed by atoms with E-state index in [0.29, 0.717) is 6.54 Å². The number of rotatable bonds is 8. The number of terminal acetylenes is 1. The van der Waals surface area contributed by atoms with Gasteiger partial charge in [0.05, 0.1) is 6.61 Å². The molecule has 0 aromatic rings. The van der Waals surface area contributed by atoms with Gasteiger partial charge in [-0.15, -0.1) is 12.3 Å². The largest absolute Gasteiger partial charge is 0.453 e. The molecule has 0 aromatic heterocycles. The molecule has 1 unspecified atom stereocenters. The average molecular weight is 244 g/mol. The molecule has 88 valence electrons. The van der Waals surface area contributed by atoms with Crippen LogP contribution in [0, 0.1) is 18.3 Å². The Hall–Kier alpha value is -1.37. The van der Waals surface area contributed by atoms with Gasteiger partial charge in [0.1, 0.15) is 0 Å². The summed E-state index contributed by atoms with van der Waals surface area (Å²) < 4.78 is 4.66. The van der Waals surface area contributed by atoms with E-state index in [1.165, 1.54) is 0 Å². The predicted octanol–water partition coefficient (Wildman–Crippen LogP) is 3.48. The molecule has 5 nitrogen and oxygen atoms in total. The fraction of sp³-hybridized carbons (Fsp3) is 0.700. The van der Waals surface area contributed by atoms with Gasteiger partial charge in [0, 0.05) is 29.5 Å². The van der Waals surface area contributed by atoms with Crippen LogP contribution in [0.3, 0.4) is 0 Å². The van der Waals surface area contributed by atoms with Crippen molar-refractivity contribution in [3.63, 3.8) is 0 Å². The molecule has 0 spiro atoms. The minimum atomic E-state index is -0.838. The van der Waals surface area contributed by atoms with Crippen molar-refractivity contribution in [3.05, 3.63) is 10.4 Å². The van der Waals surface area contributed by atoms with E-state index < -0.39 is 5.43 Å². The lowest BCUT2D eigenvalue weighted by atomic mass is 10.0. The summed E-state index contributed by atoms with van der Waals surface area (Å²) in [4.78, 5) is 13.1. The standard InChI is InChI=1S/C10H14ClN3O2/c1-2-3-4-5-6-9(7-13-14-12)8-16-10(11)15/h1,9H,3-8H2. The van der Waals surface area contributed by atoms with Crippen LogP contribution in [0.4, 0.5) is 4.79 Å². The van der Waals surface area contributed by atoms with Gasteiger partial charge in [0.25, 0.3) is 0 Å². The number of azide groups is 1. The summed E-state index contributed by atoms with van der Waals surface area (Å²) in [5.74, 6) is 2.56. The van der Waals surface area contributed by atoms with Crippen LogP contribution in [0.25, 0.3) is 10.4 Å². The van der Waals surface area contributed by atoms with Gasteiger partial charge < -0.3 is 4.74 Å². The molecule has 0 N–H and O–H groups in total. The zero-order valence-electron chi connectivity index (χ0n) is 8.93. The number of carbonyl (C=O) groups is 1. The Bertz CT molecular complexity index is 295. The molecule has 16 heavy (non-hydrogen) atoms. The molecule has 0 heterocycles. The van der Waals surface area contributed by atoms with Crippen molar-refractivity contribution in [1.82, 2.24) is 0 Å². The van der Waals surface area contributed by atoms with Crippen LogP contribution in [-0.4, -0.2) is 18.6 Å². The highest BCUT2D eigenvalue weighted by Crippen LogP contribution is 2.12. The van der Waals surface area contributed by atoms with Crippen molar-refractivity contribution < 1.29 is 9.53 Å². The summed E-state index contributed by atoms with van der Waals surface area (Å²) in [6, 6.07) is 0. The molecule has 0 aliphatic carbocycles. The van der Waals surface area contributed by atoms with E-state index in [-0.39, 0.29) is 12.5 Å². The van der Waals surface area contributed by atoms with E-state index in [9.17, 15) is 4.79 Å². The van der Waals surface area contributed by atoms with E-state index in [4.69, 9.17) is 23.6 Å². The molecule has 0 saturated heterocycles. The SMILES string of the molecule is C#CCCCCC(CN=[N+]=[N-])COC(=O)Cl. The number of carbonyl (C=O) groups excluding carboxylic acids is 1. The number of unbranched alkanes of at least 4 members (excludes halogenated alkanes) is 2. The molecule has 0 bridgehead atoms. The van der Waals surface area contributed by atoms with E-state index in [1.807, 2.05) is 0 Å². The molecule has 1 atom stereocenters. The molecule has 0 aliphatic rings. The maximum absolute atomic E-state index is 10.4. The maximum atomic E-state index is 10.4. The normalized spacial score (nSPS) is 11.0. The van der Waals surface area contributed by atoms with Gasteiger partial charge in [-0.2, -0.15) is 0 Å². The summed E-state index contributed by atoms with van der Waals surface area (Å²) >= 11 is 5.05.